The summed E-state index contributed by atoms with van der Waals surface area (Å²) in [6, 6.07) is 4.37. The molecule has 0 aliphatic carbocycles. The molecule has 0 bridgehead atoms. The molecule has 1 aromatic rings. The molecule has 0 spiro atoms. The fraction of sp³-hybridized carbons (Fsp3) is 0.357. The molecule has 0 atom stereocenters. The fourth-order valence-electron chi connectivity index (χ4n) is 1.87. The highest BCUT2D eigenvalue weighted by molar-refractivity contribution is 5.87. The third kappa shape index (κ3) is 3.35. The van der Waals surface area contributed by atoms with E-state index in [1.165, 1.54) is 22.3 Å². The van der Waals surface area contributed by atoms with Crippen LogP contribution in [0.3, 0.4) is 0 Å². The van der Waals surface area contributed by atoms with E-state index in [1.54, 1.807) is 13.0 Å². The lowest BCUT2D eigenvalue weighted by molar-refractivity contribution is -0.112. The Labute approximate surface area is 91.8 Å². The average molecular weight is 202 g/mol. The second kappa shape index (κ2) is 4.92. The van der Waals surface area contributed by atoms with Crippen molar-refractivity contribution in [3.05, 3.63) is 46.5 Å². The van der Waals surface area contributed by atoms with Crippen molar-refractivity contribution < 1.29 is 4.79 Å². The van der Waals surface area contributed by atoms with Gasteiger partial charge < -0.3 is 0 Å². The zero-order valence-electron chi connectivity index (χ0n) is 9.92. The van der Waals surface area contributed by atoms with Crippen LogP contribution in [0.5, 0.6) is 0 Å². The number of carbonyl (C=O) groups is 1. The second-order valence-corrected chi connectivity index (χ2v) is 4.09. The molecule has 1 aromatic carbocycles. The van der Waals surface area contributed by atoms with Gasteiger partial charge in [-0.1, -0.05) is 23.8 Å². The number of carbonyl (C=O) groups excluding carboxylic acids is 1. The number of aryl methyl sites for hydroxylation is 3. The molecule has 1 rings (SSSR count). The quantitative estimate of drug-likeness (QED) is 0.687. The molecule has 0 aliphatic heterocycles. The van der Waals surface area contributed by atoms with E-state index in [0.29, 0.717) is 0 Å². The lowest BCUT2D eigenvalue weighted by atomic mass is 9.97. The SMILES string of the molecule is CC(=O)/C=C/Cc1c(C)cc(C)cc1C. The van der Waals surface area contributed by atoms with E-state index in [1.807, 2.05) is 6.08 Å². The number of ketones is 1. The largest absolute Gasteiger partial charge is 0.295 e. The minimum absolute atomic E-state index is 0.109. The van der Waals surface area contributed by atoms with Crippen LogP contribution in [0, 0.1) is 20.8 Å². The summed E-state index contributed by atoms with van der Waals surface area (Å²) < 4.78 is 0. The molecular weight excluding hydrogens is 184 g/mol. The van der Waals surface area contributed by atoms with Gasteiger partial charge in [0, 0.05) is 0 Å². The lowest BCUT2D eigenvalue weighted by Crippen LogP contribution is -1.94. The molecule has 0 aliphatic rings. The summed E-state index contributed by atoms with van der Waals surface area (Å²) >= 11 is 0. The molecule has 1 heteroatoms. The predicted molar refractivity (Wildman–Crippen MR) is 64.2 cm³/mol. The van der Waals surface area contributed by atoms with Crippen LogP contribution < -0.4 is 0 Å². The Bertz CT molecular complexity index is 377. The van der Waals surface area contributed by atoms with Gasteiger partial charge in [-0.3, -0.25) is 4.79 Å². The minimum atomic E-state index is 0.109. The molecule has 0 fully saturated rings. The Kier molecular flexibility index (Phi) is 3.84. The van der Waals surface area contributed by atoms with E-state index in [4.69, 9.17) is 0 Å². The highest BCUT2D eigenvalue weighted by Gasteiger charge is 2.01. The number of rotatable bonds is 3. The van der Waals surface area contributed by atoms with E-state index in [-0.39, 0.29) is 5.78 Å². The number of benzene rings is 1. The van der Waals surface area contributed by atoms with Crippen molar-refractivity contribution in [2.75, 3.05) is 0 Å². The van der Waals surface area contributed by atoms with Crippen molar-refractivity contribution >= 4 is 5.78 Å². The summed E-state index contributed by atoms with van der Waals surface area (Å²) in [7, 11) is 0. The minimum Gasteiger partial charge on any atom is -0.295 e. The predicted octanol–water partition coefficient (Wildman–Crippen LogP) is 3.30. The summed E-state index contributed by atoms with van der Waals surface area (Å²) in [5.41, 5.74) is 5.24. The monoisotopic (exact) mass is 202 g/mol. The Hall–Kier alpha value is -1.37. The van der Waals surface area contributed by atoms with Crippen molar-refractivity contribution in [3.8, 4) is 0 Å². The van der Waals surface area contributed by atoms with E-state index < -0.39 is 0 Å². The van der Waals surface area contributed by atoms with Crippen LogP contribution in [0.2, 0.25) is 0 Å². The van der Waals surface area contributed by atoms with E-state index >= 15 is 0 Å². The van der Waals surface area contributed by atoms with Crippen molar-refractivity contribution in [1.82, 2.24) is 0 Å². The van der Waals surface area contributed by atoms with Crippen LogP contribution in [-0.4, -0.2) is 5.78 Å². The Morgan fingerprint density at radius 2 is 1.73 bits per heavy atom. The molecule has 80 valence electrons. The zero-order valence-corrected chi connectivity index (χ0v) is 9.92. The van der Waals surface area contributed by atoms with Crippen LogP contribution in [0.4, 0.5) is 0 Å². The van der Waals surface area contributed by atoms with E-state index in [0.717, 1.165) is 6.42 Å². The molecule has 0 heterocycles. The van der Waals surface area contributed by atoms with Gasteiger partial charge in [0.05, 0.1) is 0 Å². The van der Waals surface area contributed by atoms with Gasteiger partial charge >= 0.3 is 0 Å². The highest BCUT2D eigenvalue weighted by atomic mass is 16.1. The molecule has 0 saturated heterocycles. The summed E-state index contributed by atoms with van der Waals surface area (Å²) in [6.07, 6.45) is 4.42. The maximum absolute atomic E-state index is 10.8. The Morgan fingerprint density at radius 1 is 1.20 bits per heavy atom. The molecule has 0 radical (unpaired) electrons. The lowest BCUT2D eigenvalue weighted by Gasteiger charge is -2.08. The average Bonchev–Trinajstić information content (AvgIpc) is 2.08. The van der Waals surface area contributed by atoms with Gasteiger partial charge in [0.15, 0.2) is 5.78 Å². The molecule has 0 unspecified atom stereocenters. The molecule has 15 heavy (non-hydrogen) atoms. The molecule has 0 saturated carbocycles. The number of allylic oxidation sites excluding steroid dienone is 2. The van der Waals surface area contributed by atoms with Gasteiger partial charge in [-0.25, -0.2) is 0 Å². The second-order valence-electron chi connectivity index (χ2n) is 4.09. The summed E-state index contributed by atoms with van der Waals surface area (Å²) in [6.45, 7) is 7.93. The Balaban J connectivity index is 2.90. The van der Waals surface area contributed by atoms with Crippen molar-refractivity contribution in [3.63, 3.8) is 0 Å². The highest BCUT2D eigenvalue weighted by Crippen LogP contribution is 2.17. The van der Waals surface area contributed by atoms with Gasteiger partial charge in [0.2, 0.25) is 0 Å². The van der Waals surface area contributed by atoms with Crippen molar-refractivity contribution in [2.24, 2.45) is 0 Å². The summed E-state index contributed by atoms with van der Waals surface area (Å²) in [5.74, 6) is 0.109. The number of hydrogen-bond donors (Lipinski definition) is 0. The summed E-state index contributed by atoms with van der Waals surface area (Å²) in [5, 5.41) is 0. The van der Waals surface area contributed by atoms with Crippen LogP contribution in [-0.2, 0) is 11.2 Å². The molecule has 1 nitrogen and oxygen atoms in total. The topological polar surface area (TPSA) is 17.1 Å². The maximum Gasteiger partial charge on any atom is 0.152 e. The fourth-order valence-corrected chi connectivity index (χ4v) is 1.87. The van der Waals surface area contributed by atoms with Crippen molar-refractivity contribution in [2.45, 2.75) is 34.1 Å². The van der Waals surface area contributed by atoms with Crippen molar-refractivity contribution in [1.29, 1.82) is 0 Å². The van der Waals surface area contributed by atoms with Gasteiger partial charge in [-0.05, 0) is 56.9 Å². The first-order valence-electron chi connectivity index (χ1n) is 5.24. The van der Waals surface area contributed by atoms with Crippen LogP contribution >= 0.6 is 0 Å². The molecule has 0 aromatic heterocycles. The van der Waals surface area contributed by atoms with Gasteiger partial charge in [0.1, 0.15) is 0 Å². The van der Waals surface area contributed by atoms with Gasteiger partial charge in [0.25, 0.3) is 0 Å². The molecular formula is C14H18O. The standard InChI is InChI=1S/C14H18O/c1-10-8-11(2)14(12(3)9-10)7-5-6-13(4)15/h5-6,8-9H,7H2,1-4H3/b6-5+. The van der Waals surface area contributed by atoms with Gasteiger partial charge in [-0.15, -0.1) is 0 Å². The smallest absolute Gasteiger partial charge is 0.152 e. The van der Waals surface area contributed by atoms with Crippen LogP contribution in [0.15, 0.2) is 24.3 Å². The summed E-state index contributed by atoms with van der Waals surface area (Å²) in [4.78, 5) is 10.8. The molecule has 0 N–H and O–H groups in total. The third-order valence-electron chi connectivity index (χ3n) is 2.51. The first kappa shape index (κ1) is 11.7. The zero-order chi connectivity index (χ0) is 11.4. The maximum atomic E-state index is 10.8. The third-order valence-corrected chi connectivity index (χ3v) is 2.51. The van der Waals surface area contributed by atoms with Crippen LogP contribution in [0.25, 0.3) is 0 Å². The normalized spacial score (nSPS) is 10.9. The number of hydrogen-bond acceptors (Lipinski definition) is 1. The Morgan fingerprint density at radius 3 is 2.20 bits per heavy atom. The van der Waals surface area contributed by atoms with Crippen LogP contribution in [0.1, 0.15) is 29.2 Å². The van der Waals surface area contributed by atoms with Gasteiger partial charge in [-0.2, -0.15) is 0 Å². The van der Waals surface area contributed by atoms with E-state index in [2.05, 4.69) is 32.9 Å². The first-order valence-corrected chi connectivity index (χ1v) is 5.24. The molecule has 0 amide bonds. The van der Waals surface area contributed by atoms with E-state index in [9.17, 15) is 4.79 Å². The first-order chi connectivity index (χ1) is 7.00.